The quantitative estimate of drug-likeness (QED) is 0.831. The van der Waals surface area contributed by atoms with E-state index in [0.717, 1.165) is 18.0 Å². The fraction of sp³-hybridized carbons (Fsp3) is 0.500. The molecule has 0 saturated heterocycles. The summed E-state index contributed by atoms with van der Waals surface area (Å²) in [5.74, 6) is 0.807. The van der Waals surface area contributed by atoms with Crippen molar-refractivity contribution >= 4 is 17.5 Å². The Kier molecular flexibility index (Phi) is 4.61. The number of amides is 1. The Morgan fingerprint density at radius 2 is 2.17 bits per heavy atom. The zero-order valence-corrected chi connectivity index (χ0v) is 11.3. The van der Waals surface area contributed by atoms with Crippen LogP contribution in [0.25, 0.3) is 0 Å². The van der Waals surface area contributed by atoms with Crippen LogP contribution in [0, 0.1) is 5.92 Å². The Morgan fingerprint density at radius 1 is 1.44 bits per heavy atom. The predicted molar refractivity (Wildman–Crippen MR) is 73.6 cm³/mol. The van der Waals surface area contributed by atoms with Gasteiger partial charge in [-0.1, -0.05) is 29.8 Å². The molecule has 0 aromatic heterocycles. The summed E-state index contributed by atoms with van der Waals surface area (Å²) in [6.07, 6.45) is 2.59. The predicted octanol–water partition coefficient (Wildman–Crippen LogP) is 2.52. The summed E-state index contributed by atoms with van der Waals surface area (Å²) in [6.45, 7) is 3.28. The molecule has 1 atom stereocenters. The Hall–Kier alpha value is -1.06. The van der Waals surface area contributed by atoms with Crippen LogP contribution >= 0.6 is 11.6 Å². The fourth-order valence-corrected chi connectivity index (χ4v) is 2.21. The molecule has 1 amide bonds. The van der Waals surface area contributed by atoms with Crippen LogP contribution in [0.3, 0.4) is 0 Å². The van der Waals surface area contributed by atoms with Crippen molar-refractivity contribution in [2.24, 2.45) is 5.92 Å². The van der Waals surface area contributed by atoms with Crippen LogP contribution in [0.4, 0.5) is 0 Å². The minimum absolute atomic E-state index is 0.0167. The molecule has 1 aliphatic rings. The lowest BCUT2D eigenvalue weighted by atomic mass is 10.1. The van der Waals surface area contributed by atoms with Crippen molar-refractivity contribution in [3.05, 3.63) is 34.9 Å². The summed E-state index contributed by atoms with van der Waals surface area (Å²) in [5.41, 5.74) is 0.953. The monoisotopic (exact) mass is 266 g/mol. The molecule has 0 aliphatic heterocycles. The van der Waals surface area contributed by atoms with Gasteiger partial charge in [0.1, 0.15) is 0 Å². The van der Waals surface area contributed by atoms with Gasteiger partial charge in [-0.3, -0.25) is 4.79 Å². The van der Waals surface area contributed by atoms with E-state index in [1.807, 2.05) is 31.2 Å². The van der Waals surface area contributed by atoms with Crippen LogP contribution in [0.15, 0.2) is 24.3 Å². The molecule has 0 radical (unpaired) electrons. The maximum absolute atomic E-state index is 11.7. The highest BCUT2D eigenvalue weighted by Gasteiger charge is 2.20. The number of halogens is 1. The van der Waals surface area contributed by atoms with Crippen molar-refractivity contribution in [1.29, 1.82) is 0 Å². The van der Waals surface area contributed by atoms with E-state index in [0.29, 0.717) is 11.6 Å². The van der Waals surface area contributed by atoms with Gasteiger partial charge in [-0.25, -0.2) is 0 Å². The van der Waals surface area contributed by atoms with Gasteiger partial charge in [-0.2, -0.15) is 0 Å². The van der Waals surface area contributed by atoms with Gasteiger partial charge in [0.2, 0.25) is 5.91 Å². The van der Waals surface area contributed by atoms with E-state index in [1.54, 1.807) is 0 Å². The van der Waals surface area contributed by atoms with E-state index < -0.39 is 0 Å². The molecule has 0 heterocycles. The number of benzene rings is 1. The van der Waals surface area contributed by atoms with Gasteiger partial charge in [-0.05, 0) is 43.9 Å². The van der Waals surface area contributed by atoms with Crippen LogP contribution < -0.4 is 10.6 Å². The van der Waals surface area contributed by atoms with Gasteiger partial charge in [0.25, 0.3) is 0 Å². The normalized spacial score (nSPS) is 16.3. The van der Waals surface area contributed by atoms with Crippen molar-refractivity contribution in [2.45, 2.75) is 25.8 Å². The second kappa shape index (κ2) is 6.21. The van der Waals surface area contributed by atoms with Crippen LogP contribution in [-0.4, -0.2) is 19.0 Å². The molecule has 1 saturated carbocycles. The summed E-state index contributed by atoms with van der Waals surface area (Å²) in [7, 11) is 0. The SMILES string of the molecule is CC(NC(=O)CNCC1CC1)c1ccccc1Cl. The molecular weight excluding hydrogens is 248 g/mol. The standard InChI is InChI=1S/C14H19ClN2O/c1-10(12-4-2-3-5-13(12)15)17-14(18)9-16-8-11-6-7-11/h2-5,10-11,16H,6-9H2,1H3,(H,17,18). The van der Waals surface area contributed by atoms with Gasteiger partial charge in [0, 0.05) is 5.02 Å². The summed E-state index contributed by atoms with van der Waals surface area (Å²) in [6, 6.07) is 7.52. The molecule has 3 nitrogen and oxygen atoms in total. The Labute approximate surface area is 113 Å². The molecule has 0 bridgehead atoms. The number of rotatable bonds is 6. The molecule has 1 aliphatic carbocycles. The summed E-state index contributed by atoms with van der Waals surface area (Å²) in [5, 5.41) is 6.81. The van der Waals surface area contributed by atoms with Crippen LogP contribution in [-0.2, 0) is 4.79 Å². The number of nitrogens with one attached hydrogen (secondary N) is 2. The van der Waals surface area contributed by atoms with Crippen LogP contribution in [0.1, 0.15) is 31.4 Å². The highest BCUT2D eigenvalue weighted by Crippen LogP contribution is 2.27. The first-order valence-corrected chi connectivity index (χ1v) is 6.79. The molecule has 0 spiro atoms. The highest BCUT2D eigenvalue weighted by molar-refractivity contribution is 6.31. The zero-order valence-electron chi connectivity index (χ0n) is 10.6. The summed E-state index contributed by atoms with van der Waals surface area (Å²) in [4.78, 5) is 11.7. The molecule has 1 aromatic rings. The lowest BCUT2D eigenvalue weighted by molar-refractivity contribution is -0.120. The largest absolute Gasteiger partial charge is 0.348 e. The lowest BCUT2D eigenvalue weighted by Gasteiger charge is -2.15. The average Bonchev–Trinajstić information content (AvgIpc) is 3.13. The molecular formula is C14H19ClN2O. The highest BCUT2D eigenvalue weighted by atomic mass is 35.5. The zero-order chi connectivity index (χ0) is 13.0. The van der Waals surface area contributed by atoms with E-state index in [4.69, 9.17) is 11.6 Å². The van der Waals surface area contributed by atoms with Gasteiger partial charge in [-0.15, -0.1) is 0 Å². The fourth-order valence-electron chi connectivity index (χ4n) is 1.91. The number of carbonyl (C=O) groups excluding carboxylic acids is 1. The molecule has 1 aromatic carbocycles. The third-order valence-electron chi connectivity index (χ3n) is 3.16. The topological polar surface area (TPSA) is 41.1 Å². The minimum atomic E-state index is -0.0612. The van der Waals surface area contributed by atoms with E-state index >= 15 is 0 Å². The Balaban J connectivity index is 1.77. The van der Waals surface area contributed by atoms with E-state index in [-0.39, 0.29) is 11.9 Å². The summed E-state index contributed by atoms with van der Waals surface area (Å²) >= 11 is 6.09. The van der Waals surface area contributed by atoms with E-state index in [2.05, 4.69) is 10.6 Å². The van der Waals surface area contributed by atoms with Crippen LogP contribution in [0.2, 0.25) is 5.02 Å². The molecule has 4 heteroatoms. The third kappa shape index (κ3) is 4.00. The molecule has 18 heavy (non-hydrogen) atoms. The molecule has 2 N–H and O–H groups in total. The van der Waals surface area contributed by atoms with E-state index in [1.165, 1.54) is 12.8 Å². The second-order valence-corrected chi connectivity index (χ2v) is 5.29. The van der Waals surface area contributed by atoms with Crippen LogP contribution in [0.5, 0.6) is 0 Å². The first-order valence-electron chi connectivity index (χ1n) is 6.41. The van der Waals surface area contributed by atoms with Crippen molar-refractivity contribution in [2.75, 3.05) is 13.1 Å². The molecule has 2 rings (SSSR count). The third-order valence-corrected chi connectivity index (χ3v) is 3.51. The number of carbonyl (C=O) groups is 1. The average molecular weight is 267 g/mol. The van der Waals surface area contributed by atoms with Crippen molar-refractivity contribution < 1.29 is 4.79 Å². The Morgan fingerprint density at radius 3 is 2.83 bits per heavy atom. The Bertz CT molecular complexity index is 418. The lowest BCUT2D eigenvalue weighted by Crippen LogP contribution is -2.36. The number of hydrogen-bond donors (Lipinski definition) is 2. The van der Waals surface area contributed by atoms with Gasteiger partial charge < -0.3 is 10.6 Å². The van der Waals surface area contributed by atoms with Crippen molar-refractivity contribution in [3.8, 4) is 0 Å². The van der Waals surface area contributed by atoms with Gasteiger partial charge in [0.05, 0.1) is 12.6 Å². The van der Waals surface area contributed by atoms with Gasteiger partial charge in [0.15, 0.2) is 0 Å². The maximum atomic E-state index is 11.7. The molecule has 1 fully saturated rings. The first-order chi connectivity index (χ1) is 8.66. The van der Waals surface area contributed by atoms with E-state index in [9.17, 15) is 4.79 Å². The molecule has 98 valence electrons. The second-order valence-electron chi connectivity index (χ2n) is 4.88. The summed E-state index contributed by atoms with van der Waals surface area (Å²) < 4.78 is 0. The van der Waals surface area contributed by atoms with Gasteiger partial charge >= 0.3 is 0 Å². The maximum Gasteiger partial charge on any atom is 0.234 e. The first kappa shape index (κ1) is 13.4. The molecule has 1 unspecified atom stereocenters. The smallest absolute Gasteiger partial charge is 0.234 e. The minimum Gasteiger partial charge on any atom is -0.348 e. The van der Waals surface area contributed by atoms with Crippen molar-refractivity contribution in [3.63, 3.8) is 0 Å². The number of hydrogen-bond acceptors (Lipinski definition) is 2. The van der Waals surface area contributed by atoms with Crippen molar-refractivity contribution in [1.82, 2.24) is 10.6 Å².